The molecule has 1 aliphatic carbocycles. The molecule has 1 atom stereocenters. The van der Waals surface area contributed by atoms with Crippen molar-refractivity contribution in [3.05, 3.63) is 0 Å². The number of nitrogens with one attached hydrogen (secondary N) is 1. The number of piperidine rings is 1. The number of urea groups is 1. The van der Waals surface area contributed by atoms with Crippen molar-refractivity contribution in [1.29, 1.82) is 0 Å². The van der Waals surface area contributed by atoms with Crippen molar-refractivity contribution in [3.63, 3.8) is 0 Å². The van der Waals surface area contributed by atoms with Gasteiger partial charge in [0.05, 0.1) is 0 Å². The minimum Gasteiger partial charge on any atom is -0.480 e. The average molecular weight is 296 g/mol. The minimum absolute atomic E-state index is 0.195. The number of hydrogen-bond donors (Lipinski definition) is 2. The monoisotopic (exact) mass is 296 g/mol. The van der Waals surface area contributed by atoms with Crippen LogP contribution in [0.4, 0.5) is 4.79 Å². The highest BCUT2D eigenvalue weighted by molar-refractivity contribution is 5.86. The van der Waals surface area contributed by atoms with E-state index in [1.807, 2.05) is 0 Å². The lowest BCUT2D eigenvalue weighted by Crippen LogP contribution is -2.60. The Morgan fingerprint density at radius 1 is 1.29 bits per heavy atom. The fraction of sp³-hybridized carbons (Fsp3) is 0.875. The predicted octanol–water partition coefficient (Wildman–Crippen LogP) is 2.85. The number of carbonyl (C=O) groups is 2. The summed E-state index contributed by atoms with van der Waals surface area (Å²) in [7, 11) is 0. The molecule has 1 saturated carbocycles. The summed E-state index contributed by atoms with van der Waals surface area (Å²) in [5.74, 6) is 0.223. The number of rotatable bonds is 3. The summed E-state index contributed by atoms with van der Waals surface area (Å²) in [6.45, 7) is 5.76. The van der Waals surface area contributed by atoms with Crippen LogP contribution in [0.2, 0.25) is 0 Å². The number of hydrogen-bond acceptors (Lipinski definition) is 2. The van der Waals surface area contributed by atoms with Gasteiger partial charge in [-0.3, -0.25) is 0 Å². The number of amides is 2. The van der Waals surface area contributed by atoms with Crippen LogP contribution in [0.25, 0.3) is 0 Å². The van der Waals surface area contributed by atoms with Crippen molar-refractivity contribution < 1.29 is 14.7 Å². The quantitative estimate of drug-likeness (QED) is 0.841. The number of nitrogens with zero attached hydrogens (tertiary/aromatic N) is 1. The van der Waals surface area contributed by atoms with E-state index in [0.29, 0.717) is 24.7 Å². The standard InChI is InChI=1S/C16H28N2O3/c1-3-13-6-8-16(9-7-13,14(19)20)17-15(21)18-10-4-5-12(2)11-18/h12-13H,3-11H2,1-2H3,(H,17,21)(H,19,20). The maximum atomic E-state index is 12.4. The van der Waals surface area contributed by atoms with Crippen LogP contribution in [-0.2, 0) is 4.79 Å². The molecule has 0 bridgehead atoms. The van der Waals surface area contributed by atoms with Gasteiger partial charge in [0.25, 0.3) is 0 Å². The molecule has 120 valence electrons. The average Bonchev–Trinajstić information content (AvgIpc) is 2.47. The molecule has 0 radical (unpaired) electrons. The molecule has 1 unspecified atom stereocenters. The van der Waals surface area contributed by atoms with Gasteiger partial charge in [-0.25, -0.2) is 9.59 Å². The number of carbonyl (C=O) groups excluding carboxylic acids is 1. The lowest BCUT2D eigenvalue weighted by molar-refractivity contribution is -0.146. The van der Waals surface area contributed by atoms with Gasteiger partial charge >= 0.3 is 12.0 Å². The van der Waals surface area contributed by atoms with E-state index < -0.39 is 11.5 Å². The summed E-state index contributed by atoms with van der Waals surface area (Å²) >= 11 is 0. The Balaban J connectivity index is 1.99. The molecule has 0 spiro atoms. The lowest BCUT2D eigenvalue weighted by Gasteiger charge is -2.40. The second kappa shape index (κ2) is 6.67. The summed E-state index contributed by atoms with van der Waals surface area (Å²) in [5.41, 5.74) is -1.05. The topological polar surface area (TPSA) is 69.6 Å². The Labute approximate surface area is 127 Å². The van der Waals surface area contributed by atoms with E-state index in [2.05, 4.69) is 19.2 Å². The first-order valence-electron chi connectivity index (χ1n) is 8.27. The molecule has 0 aromatic carbocycles. The van der Waals surface area contributed by atoms with Crippen LogP contribution >= 0.6 is 0 Å². The molecule has 1 heterocycles. The second-order valence-corrected chi connectivity index (χ2v) is 6.86. The maximum absolute atomic E-state index is 12.4. The van der Waals surface area contributed by atoms with Gasteiger partial charge in [0, 0.05) is 13.1 Å². The molecular weight excluding hydrogens is 268 g/mol. The first-order valence-corrected chi connectivity index (χ1v) is 8.27. The summed E-state index contributed by atoms with van der Waals surface area (Å²) < 4.78 is 0. The molecule has 5 nitrogen and oxygen atoms in total. The van der Waals surface area contributed by atoms with Gasteiger partial charge in [-0.2, -0.15) is 0 Å². The van der Waals surface area contributed by atoms with Gasteiger partial charge in [0.2, 0.25) is 0 Å². The van der Waals surface area contributed by atoms with E-state index in [1.54, 1.807) is 4.90 Å². The Kier molecular flexibility index (Phi) is 5.12. The largest absolute Gasteiger partial charge is 0.480 e. The third-order valence-corrected chi connectivity index (χ3v) is 5.24. The van der Waals surface area contributed by atoms with Crippen LogP contribution < -0.4 is 5.32 Å². The number of likely N-dealkylation sites (tertiary alicyclic amines) is 1. The molecular formula is C16H28N2O3. The van der Waals surface area contributed by atoms with Crippen molar-refractivity contribution >= 4 is 12.0 Å². The molecule has 2 fully saturated rings. The molecule has 0 aromatic rings. The van der Waals surface area contributed by atoms with E-state index in [0.717, 1.165) is 45.2 Å². The van der Waals surface area contributed by atoms with Gasteiger partial charge in [-0.1, -0.05) is 20.3 Å². The van der Waals surface area contributed by atoms with Crippen molar-refractivity contribution in [2.24, 2.45) is 11.8 Å². The third-order valence-electron chi connectivity index (χ3n) is 5.24. The van der Waals surface area contributed by atoms with Gasteiger partial charge in [-0.15, -0.1) is 0 Å². The van der Waals surface area contributed by atoms with Gasteiger partial charge in [-0.05, 0) is 50.4 Å². The molecule has 5 heteroatoms. The highest BCUT2D eigenvalue weighted by atomic mass is 16.4. The first kappa shape index (κ1) is 16.1. The first-order chi connectivity index (χ1) is 9.97. The SMILES string of the molecule is CCC1CCC(NC(=O)N2CCCC(C)C2)(C(=O)O)CC1. The van der Waals surface area contributed by atoms with Crippen molar-refractivity contribution in [1.82, 2.24) is 10.2 Å². The van der Waals surface area contributed by atoms with Crippen LogP contribution in [-0.4, -0.2) is 40.6 Å². The fourth-order valence-electron chi connectivity index (χ4n) is 3.63. The molecule has 2 aliphatic rings. The van der Waals surface area contributed by atoms with Crippen LogP contribution in [0.3, 0.4) is 0 Å². The van der Waals surface area contributed by atoms with E-state index in [9.17, 15) is 14.7 Å². The third kappa shape index (κ3) is 3.69. The molecule has 2 amide bonds. The van der Waals surface area contributed by atoms with E-state index >= 15 is 0 Å². The summed E-state index contributed by atoms with van der Waals surface area (Å²) in [4.78, 5) is 25.9. The lowest BCUT2D eigenvalue weighted by atomic mass is 9.75. The van der Waals surface area contributed by atoms with E-state index in [-0.39, 0.29) is 6.03 Å². The summed E-state index contributed by atoms with van der Waals surface area (Å²) in [6, 6.07) is -0.195. The van der Waals surface area contributed by atoms with Gasteiger partial charge in [0.1, 0.15) is 5.54 Å². The summed E-state index contributed by atoms with van der Waals surface area (Å²) in [6.07, 6.45) is 6.12. The molecule has 2 N–H and O–H groups in total. The smallest absolute Gasteiger partial charge is 0.329 e. The predicted molar refractivity (Wildman–Crippen MR) is 81.1 cm³/mol. The highest BCUT2D eigenvalue weighted by Crippen LogP contribution is 2.34. The van der Waals surface area contributed by atoms with Crippen LogP contribution in [0.1, 0.15) is 58.8 Å². The zero-order chi connectivity index (χ0) is 15.5. The Morgan fingerprint density at radius 3 is 2.48 bits per heavy atom. The maximum Gasteiger partial charge on any atom is 0.329 e. The molecule has 0 aromatic heterocycles. The zero-order valence-corrected chi connectivity index (χ0v) is 13.2. The van der Waals surface area contributed by atoms with E-state index in [1.165, 1.54) is 0 Å². The van der Waals surface area contributed by atoms with Crippen molar-refractivity contribution in [3.8, 4) is 0 Å². The zero-order valence-electron chi connectivity index (χ0n) is 13.2. The normalized spacial score (nSPS) is 33.5. The highest BCUT2D eigenvalue weighted by Gasteiger charge is 2.43. The minimum atomic E-state index is -1.05. The second-order valence-electron chi connectivity index (χ2n) is 6.86. The van der Waals surface area contributed by atoms with Gasteiger partial charge < -0.3 is 15.3 Å². The molecule has 1 saturated heterocycles. The van der Waals surface area contributed by atoms with Crippen molar-refractivity contribution in [2.75, 3.05) is 13.1 Å². The fourth-order valence-corrected chi connectivity index (χ4v) is 3.63. The summed E-state index contributed by atoms with van der Waals surface area (Å²) in [5, 5.41) is 12.5. The number of carboxylic acid groups (broad SMARTS) is 1. The van der Waals surface area contributed by atoms with Crippen molar-refractivity contribution in [2.45, 2.75) is 64.3 Å². The van der Waals surface area contributed by atoms with Gasteiger partial charge in [0.15, 0.2) is 0 Å². The number of aliphatic carboxylic acids is 1. The van der Waals surface area contributed by atoms with E-state index in [4.69, 9.17) is 0 Å². The Hall–Kier alpha value is -1.26. The van der Waals surface area contributed by atoms with Crippen LogP contribution in [0, 0.1) is 11.8 Å². The molecule has 1 aliphatic heterocycles. The Bertz CT molecular complexity index is 389. The molecule has 21 heavy (non-hydrogen) atoms. The Morgan fingerprint density at radius 2 is 1.95 bits per heavy atom. The number of carboxylic acids is 1. The molecule has 2 rings (SSSR count). The van der Waals surface area contributed by atoms with Crippen LogP contribution in [0.5, 0.6) is 0 Å². The van der Waals surface area contributed by atoms with Crippen LogP contribution in [0.15, 0.2) is 0 Å².